The number of nitrogens with zero attached hydrogens (tertiary/aromatic N) is 3. The van der Waals surface area contributed by atoms with Gasteiger partial charge in [-0.2, -0.15) is 0 Å². The van der Waals surface area contributed by atoms with Gasteiger partial charge in [0, 0.05) is 52.0 Å². The SMILES string of the molecule is O=C(NCCN1CCOCC1)NCc1ccnc(N2CCCCC2)c1. The number of aromatic nitrogens is 1. The van der Waals surface area contributed by atoms with Crippen molar-refractivity contribution in [2.75, 3.05) is 57.4 Å². The fraction of sp³-hybridized carbons (Fsp3) is 0.667. The van der Waals surface area contributed by atoms with Crippen molar-refractivity contribution in [3.05, 3.63) is 23.9 Å². The van der Waals surface area contributed by atoms with Crippen LogP contribution < -0.4 is 15.5 Å². The summed E-state index contributed by atoms with van der Waals surface area (Å²) in [7, 11) is 0. The number of pyridine rings is 1. The minimum Gasteiger partial charge on any atom is -0.379 e. The van der Waals surface area contributed by atoms with Crippen molar-refractivity contribution in [1.29, 1.82) is 0 Å². The van der Waals surface area contributed by atoms with Crippen LogP contribution in [0.2, 0.25) is 0 Å². The van der Waals surface area contributed by atoms with Gasteiger partial charge in [0.05, 0.1) is 13.2 Å². The molecule has 2 fully saturated rings. The van der Waals surface area contributed by atoms with E-state index in [-0.39, 0.29) is 6.03 Å². The molecule has 0 unspecified atom stereocenters. The summed E-state index contributed by atoms with van der Waals surface area (Å²) >= 11 is 0. The van der Waals surface area contributed by atoms with Gasteiger partial charge in [-0.25, -0.2) is 9.78 Å². The van der Waals surface area contributed by atoms with E-state index in [1.807, 2.05) is 12.3 Å². The quantitative estimate of drug-likeness (QED) is 0.809. The second-order valence-corrected chi connectivity index (χ2v) is 6.63. The number of morpholine rings is 1. The molecular formula is C18H29N5O2. The van der Waals surface area contributed by atoms with Crippen LogP contribution in [0.5, 0.6) is 0 Å². The van der Waals surface area contributed by atoms with E-state index in [2.05, 4.69) is 31.5 Å². The van der Waals surface area contributed by atoms with Crippen LogP contribution in [0.25, 0.3) is 0 Å². The zero-order valence-corrected chi connectivity index (χ0v) is 14.9. The summed E-state index contributed by atoms with van der Waals surface area (Å²) in [4.78, 5) is 21.1. The van der Waals surface area contributed by atoms with E-state index in [0.717, 1.165) is 57.3 Å². The van der Waals surface area contributed by atoms with Crippen molar-refractivity contribution in [2.24, 2.45) is 0 Å². The van der Waals surface area contributed by atoms with Crippen LogP contribution in [0.4, 0.5) is 10.6 Å². The number of anilines is 1. The molecule has 2 aliphatic rings. The average molecular weight is 347 g/mol. The lowest BCUT2D eigenvalue weighted by atomic mass is 10.1. The molecule has 3 heterocycles. The fourth-order valence-corrected chi connectivity index (χ4v) is 3.26. The van der Waals surface area contributed by atoms with Crippen molar-refractivity contribution in [1.82, 2.24) is 20.5 Å². The molecule has 0 aliphatic carbocycles. The van der Waals surface area contributed by atoms with E-state index in [1.165, 1.54) is 19.3 Å². The first-order chi connectivity index (χ1) is 12.3. The number of urea groups is 1. The molecule has 7 heteroatoms. The third-order valence-corrected chi connectivity index (χ3v) is 4.76. The average Bonchev–Trinajstić information content (AvgIpc) is 2.68. The molecule has 0 bridgehead atoms. The van der Waals surface area contributed by atoms with Crippen LogP contribution in [-0.2, 0) is 11.3 Å². The summed E-state index contributed by atoms with van der Waals surface area (Å²) in [5.74, 6) is 1.02. The number of piperidine rings is 1. The van der Waals surface area contributed by atoms with Gasteiger partial charge in [-0.1, -0.05) is 0 Å². The van der Waals surface area contributed by atoms with Crippen molar-refractivity contribution >= 4 is 11.8 Å². The van der Waals surface area contributed by atoms with Gasteiger partial charge in [0.1, 0.15) is 5.82 Å². The van der Waals surface area contributed by atoms with Gasteiger partial charge in [-0.05, 0) is 37.0 Å². The molecule has 2 N–H and O–H groups in total. The Bertz CT molecular complexity index is 542. The number of nitrogens with one attached hydrogen (secondary N) is 2. The Labute approximate surface area is 149 Å². The van der Waals surface area contributed by atoms with Gasteiger partial charge >= 0.3 is 6.03 Å². The topological polar surface area (TPSA) is 69.7 Å². The Morgan fingerprint density at radius 2 is 1.92 bits per heavy atom. The number of hydrogen-bond donors (Lipinski definition) is 2. The van der Waals surface area contributed by atoms with E-state index in [1.54, 1.807) is 0 Å². The molecule has 0 atom stereocenters. The minimum atomic E-state index is -0.121. The van der Waals surface area contributed by atoms with Crippen molar-refractivity contribution in [3.8, 4) is 0 Å². The molecular weight excluding hydrogens is 318 g/mol. The largest absolute Gasteiger partial charge is 0.379 e. The number of ether oxygens (including phenoxy) is 1. The van der Waals surface area contributed by atoms with E-state index >= 15 is 0 Å². The maximum absolute atomic E-state index is 12.0. The molecule has 7 nitrogen and oxygen atoms in total. The molecule has 0 radical (unpaired) electrons. The molecule has 2 amide bonds. The number of carbonyl (C=O) groups excluding carboxylic acids is 1. The Morgan fingerprint density at radius 1 is 1.12 bits per heavy atom. The van der Waals surface area contributed by atoms with Crippen molar-refractivity contribution < 1.29 is 9.53 Å². The van der Waals surface area contributed by atoms with Crippen LogP contribution in [0.1, 0.15) is 24.8 Å². The van der Waals surface area contributed by atoms with Crippen LogP contribution in [0.15, 0.2) is 18.3 Å². The molecule has 3 rings (SSSR count). The highest BCUT2D eigenvalue weighted by Crippen LogP contribution is 2.18. The minimum absolute atomic E-state index is 0.121. The Morgan fingerprint density at radius 3 is 2.72 bits per heavy atom. The number of amides is 2. The summed E-state index contributed by atoms with van der Waals surface area (Å²) in [6.45, 7) is 7.65. The van der Waals surface area contributed by atoms with Crippen LogP contribution in [-0.4, -0.2) is 68.4 Å². The van der Waals surface area contributed by atoms with Gasteiger partial charge in [0.15, 0.2) is 0 Å². The first-order valence-electron chi connectivity index (χ1n) is 9.33. The first-order valence-corrected chi connectivity index (χ1v) is 9.33. The third kappa shape index (κ3) is 5.86. The molecule has 25 heavy (non-hydrogen) atoms. The van der Waals surface area contributed by atoms with Gasteiger partial charge < -0.3 is 20.3 Å². The molecule has 0 saturated carbocycles. The lowest BCUT2D eigenvalue weighted by Crippen LogP contribution is -2.43. The van der Waals surface area contributed by atoms with Crippen LogP contribution in [0.3, 0.4) is 0 Å². The summed E-state index contributed by atoms with van der Waals surface area (Å²) in [5, 5.41) is 5.85. The van der Waals surface area contributed by atoms with Gasteiger partial charge in [-0.15, -0.1) is 0 Å². The van der Waals surface area contributed by atoms with Crippen molar-refractivity contribution in [2.45, 2.75) is 25.8 Å². The second kappa shape index (κ2) is 9.58. The summed E-state index contributed by atoms with van der Waals surface area (Å²) < 4.78 is 5.32. The smallest absolute Gasteiger partial charge is 0.315 e. The predicted molar refractivity (Wildman–Crippen MR) is 97.8 cm³/mol. The third-order valence-electron chi connectivity index (χ3n) is 4.76. The maximum Gasteiger partial charge on any atom is 0.315 e. The highest BCUT2D eigenvalue weighted by Gasteiger charge is 2.13. The van der Waals surface area contributed by atoms with E-state index in [0.29, 0.717) is 13.1 Å². The van der Waals surface area contributed by atoms with Gasteiger partial charge in [0.2, 0.25) is 0 Å². The van der Waals surface area contributed by atoms with E-state index < -0.39 is 0 Å². The predicted octanol–water partition coefficient (Wildman–Crippen LogP) is 1.20. The molecule has 0 aromatic carbocycles. The van der Waals surface area contributed by atoms with E-state index in [9.17, 15) is 4.79 Å². The Kier molecular flexibility index (Phi) is 6.88. The van der Waals surface area contributed by atoms with E-state index in [4.69, 9.17) is 4.74 Å². The summed E-state index contributed by atoms with van der Waals surface area (Å²) in [6.07, 6.45) is 5.60. The maximum atomic E-state index is 12.0. The Hall–Kier alpha value is -1.86. The molecule has 138 valence electrons. The summed E-state index contributed by atoms with van der Waals surface area (Å²) in [5.41, 5.74) is 1.08. The molecule has 0 spiro atoms. The molecule has 2 saturated heterocycles. The zero-order chi connectivity index (χ0) is 17.3. The normalized spacial score (nSPS) is 18.8. The highest BCUT2D eigenvalue weighted by molar-refractivity contribution is 5.73. The second-order valence-electron chi connectivity index (χ2n) is 6.63. The lowest BCUT2D eigenvalue weighted by Gasteiger charge is -2.28. The monoisotopic (exact) mass is 347 g/mol. The number of rotatable bonds is 6. The zero-order valence-electron chi connectivity index (χ0n) is 14.9. The fourth-order valence-electron chi connectivity index (χ4n) is 3.26. The first kappa shape index (κ1) is 17.9. The molecule has 1 aromatic rings. The number of hydrogen-bond acceptors (Lipinski definition) is 5. The molecule has 2 aliphatic heterocycles. The number of carbonyl (C=O) groups is 1. The van der Waals surface area contributed by atoms with Crippen LogP contribution in [0, 0.1) is 0 Å². The van der Waals surface area contributed by atoms with Crippen molar-refractivity contribution in [3.63, 3.8) is 0 Å². The molecule has 1 aromatic heterocycles. The van der Waals surface area contributed by atoms with Gasteiger partial charge in [-0.3, -0.25) is 4.90 Å². The van der Waals surface area contributed by atoms with Crippen LogP contribution >= 0.6 is 0 Å². The standard InChI is InChI=1S/C18H29N5O2/c24-18(20-6-9-22-10-12-25-13-11-22)21-15-16-4-5-19-17(14-16)23-7-2-1-3-8-23/h4-5,14H,1-3,6-13,15H2,(H2,20,21,24). The lowest BCUT2D eigenvalue weighted by molar-refractivity contribution is 0.0387. The highest BCUT2D eigenvalue weighted by atomic mass is 16.5. The Balaban J connectivity index is 1.38. The van der Waals surface area contributed by atoms with Gasteiger partial charge in [0.25, 0.3) is 0 Å². The summed E-state index contributed by atoms with van der Waals surface area (Å²) in [6, 6.07) is 3.92.